The Morgan fingerprint density at radius 2 is 2.00 bits per heavy atom. The van der Waals surface area contributed by atoms with Gasteiger partial charge in [0.25, 0.3) is 0 Å². The monoisotopic (exact) mass is 361 g/mol. The Balaban J connectivity index is 3.15. The largest absolute Gasteiger partial charge is 0.392 e. The van der Waals surface area contributed by atoms with Crippen molar-refractivity contribution < 1.29 is 14.7 Å². The molecule has 0 bridgehead atoms. The van der Waals surface area contributed by atoms with Gasteiger partial charge in [-0.1, -0.05) is 48.2 Å². The summed E-state index contributed by atoms with van der Waals surface area (Å²) < 4.78 is 14.4. The van der Waals surface area contributed by atoms with Crippen LogP contribution in [0.1, 0.15) is 43.9 Å². The first-order valence-corrected chi connectivity index (χ1v) is 8.45. The molecule has 2 unspecified atom stereocenters. The topological polar surface area (TPSA) is 43.7 Å². The van der Waals surface area contributed by atoms with Crippen molar-refractivity contribution in [2.75, 3.05) is 6.61 Å². The van der Waals surface area contributed by atoms with Gasteiger partial charge in [0.2, 0.25) is 0 Å². The van der Waals surface area contributed by atoms with Crippen molar-refractivity contribution in [3.8, 4) is 0 Å². The van der Waals surface area contributed by atoms with Crippen LogP contribution in [-0.4, -0.2) is 22.0 Å². The highest BCUT2D eigenvalue weighted by Gasteiger charge is 2.29. The van der Waals surface area contributed by atoms with Gasteiger partial charge in [0.15, 0.2) is 5.41 Å². The van der Waals surface area contributed by atoms with Crippen LogP contribution >= 0.6 is 20.8 Å². The molecule has 0 aromatic heterocycles. The fourth-order valence-electron chi connectivity index (χ4n) is 2.18. The summed E-state index contributed by atoms with van der Waals surface area (Å²) in [6, 6.07) is 3.22. The Labute approximate surface area is 145 Å². The van der Waals surface area contributed by atoms with Gasteiger partial charge in [0.05, 0.1) is 13.2 Å². The molecule has 0 aliphatic rings. The number of allylic oxidation sites excluding steroid dienone is 1. The Morgan fingerprint density at radius 1 is 1.43 bits per heavy atom. The molecule has 0 radical (unpaired) electrons. The van der Waals surface area contributed by atoms with Crippen molar-refractivity contribution in [1.82, 2.24) is 5.06 Å². The van der Waals surface area contributed by atoms with Crippen molar-refractivity contribution in [3.05, 3.63) is 46.1 Å². The molecule has 0 amide bonds. The number of hydrogen-bond donors (Lipinski definition) is 2. The molecule has 0 aliphatic carbocycles. The van der Waals surface area contributed by atoms with Gasteiger partial charge in [-0.15, -0.1) is 0 Å². The lowest BCUT2D eigenvalue weighted by Crippen LogP contribution is -2.28. The highest BCUT2D eigenvalue weighted by Crippen LogP contribution is 2.38. The van der Waals surface area contributed by atoms with E-state index in [0.29, 0.717) is 27.4 Å². The summed E-state index contributed by atoms with van der Waals surface area (Å²) in [5.74, 6) is 0. The molecule has 0 saturated carbocycles. The molecule has 0 fully saturated rings. The van der Waals surface area contributed by atoms with E-state index in [1.165, 1.54) is 0 Å². The number of aliphatic hydroxyl groups is 1. The number of rotatable bonds is 7. The van der Waals surface area contributed by atoms with Crippen molar-refractivity contribution in [2.24, 2.45) is 5.41 Å². The predicted molar refractivity (Wildman–Crippen MR) is 96.3 cm³/mol. The Morgan fingerprint density at radius 3 is 2.48 bits per heavy atom. The minimum absolute atomic E-state index is 0.0978. The average molecular weight is 362 g/mol. The van der Waals surface area contributed by atoms with Crippen LogP contribution in [0.3, 0.4) is 0 Å². The minimum Gasteiger partial charge on any atom is -0.392 e. The summed E-state index contributed by atoms with van der Waals surface area (Å²) in [5, 5.41) is 19.1. The SMILES string of the molecule is C=C(N(O)Cc1cc(C(F)(P)CO)c(C)cc1Cl)C(C)(C)CC. The van der Waals surface area contributed by atoms with E-state index in [2.05, 4.69) is 6.58 Å². The summed E-state index contributed by atoms with van der Waals surface area (Å²) >= 11 is 6.23. The van der Waals surface area contributed by atoms with Gasteiger partial charge in [-0.3, -0.25) is 10.3 Å². The molecule has 23 heavy (non-hydrogen) atoms. The first kappa shape index (κ1) is 20.4. The second-order valence-corrected chi connectivity index (χ2v) is 7.84. The van der Waals surface area contributed by atoms with E-state index in [9.17, 15) is 14.7 Å². The molecule has 1 aromatic carbocycles. The van der Waals surface area contributed by atoms with Crippen LogP contribution in [0.25, 0.3) is 0 Å². The molecule has 0 aliphatic heterocycles. The summed E-state index contributed by atoms with van der Waals surface area (Å²) in [6.45, 7) is 11.1. The molecular weight excluding hydrogens is 336 g/mol. The Hall–Kier alpha value is -0.670. The van der Waals surface area contributed by atoms with Crippen LogP contribution in [0, 0.1) is 12.3 Å². The van der Waals surface area contributed by atoms with Crippen molar-refractivity contribution >= 4 is 20.8 Å². The summed E-state index contributed by atoms with van der Waals surface area (Å²) in [6.07, 6.45) is 0.819. The number of benzene rings is 1. The van der Waals surface area contributed by atoms with Crippen LogP contribution in [-0.2, 0) is 12.0 Å². The van der Waals surface area contributed by atoms with E-state index < -0.39 is 12.0 Å². The van der Waals surface area contributed by atoms with E-state index in [1.807, 2.05) is 30.0 Å². The lowest BCUT2D eigenvalue weighted by Gasteiger charge is -2.32. The van der Waals surface area contributed by atoms with Gasteiger partial charge in [-0.2, -0.15) is 0 Å². The van der Waals surface area contributed by atoms with Crippen LogP contribution in [0.15, 0.2) is 24.4 Å². The molecule has 2 N–H and O–H groups in total. The molecule has 3 nitrogen and oxygen atoms in total. The highest BCUT2D eigenvalue weighted by atomic mass is 35.5. The number of alkyl halides is 1. The maximum absolute atomic E-state index is 14.4. The zero-order valence-corrected chi connectivity index (χ0v) is 16.1. The van der Waals surface area contributed by atoms with Gasteiger partial charge in [0.1, 0.15) is 0 Å². The van der Waals surface area contributed by atoms with Gasteiger partial charge >= 0.3 is 0 Å². The fourth-order valence-corrected chi connectivity index (χ4v) is 2.77. The molecular formula is C17H26ClFNO2P. The van der Waals surface area contributed by atoms with Gasteiger partial charge in [0, 0.05) is 16.1 Å². The maximum Gasteiger partial charge on any atom is 0.171 e. The lowest BCUT2D eigenvalue weighted by atomic mass is 9.86. The van der Waals surface area contributed by atoms with E-state index in [1.54, 1.807) is 19.1 Å². The predicted octanol–water partition coefficient (Wildman–Crippen LogP) is 4.78. The molecule has 1 rings (SSSR count). The Kier molecular flexibility index (Phi) is 6.63. The number of hydrogen-bond acceptors (Lipinski definition) is 3. The summed E-state index contributed by atoms with van der Waals surface area (Å²) in [7, 11) is 2.02. The second-order valence-electron chi connectivity index (χ2n) is 6.52. The van der Waals surface area contributed by atoms with Crippen LogP contribution < -0.4 is 0 Å². The maximum atomic E-state index is 14.4. The van der Waals surface area contributed by atoms with Gasteiger partial charge in [-0.25, -0.2) is 4.39 Å². The number of hydroxylamine groups is 2. The molecule has 0 spiro atoms. The van der Waals surface area contributed by atoms with Crippen LogP contribution in [0.2, 0.25) is 5.02 Å². The van der Waals surface area contributed by atoms with Crippen LogP contribution in [0.5, 0.6) is 0 Å². The molecule has 1 aromatic rings. The third-order valence-corrected chi connectivity index (χ3v) is 5.21. The van der Waals surface area contributed by atoms with E-state index in [-0.39, 0.29) is 12.0 Å². The quantitative estimate of drug-likeness (QED) is 0.542. The van der Waals surface area contributed by atoms with E-state index >= 15 is 0 Å². The molecule has 6 heteroatoms. The summed E-state index contributed by atoms with van der Waals surface area (Å²) in [4.78, 5) is 0. The average Bonchev–Trinajstić information content (AvgIpc) is 2.48. The highest BCUT2D eigenvalue weighted by molar-refractivity contribution is 7.18. The zero-order valence-electron chi connectivity index (χ0n) is 14.2. The number of aryl methyl sites for hydroxylation is 1. The zero-order chi connectivity index (χ0) is 18.0. The summed E-state index contributed by atoms with van der Waals surface area (Å²) in [5.41, 5.74) is 1.85. The van der Waals surface area contributed by atoms with Crippen molar-refractivity contribution in [1.29, 1.82) is 0 Å². The van der Waals surface area contributed by atoms with Gasteiger partial charge < -0.3 is 5.11 Å². The molecule has 0 heterocycles. The first-order chi connectivity index (χ1) is 10.5. The first-order valence-electron chi connectivity index (χ1n) is 7.50. The second kappa shape index (κ2) is 7.48. The van der Waals surface area contributed by atoms with Gasteiger partial charge in [-0.05, 0) is 42.2 Å². The third kappa shape index (κ3) is 4.67. The number of halogens is 2. The molecule has 2 atom stereocenters. The minimum atomic E-state index is -1.94. The Bertz CT molecular complexity index is 590. The van der Waals surface area contributed by atoms with E-state index in [4.69, 9.17) is 11.6 Å². The normalized spacial score (nSPS) is 14.5. The third-order valence-electron chi connectivity index (χ3n) is 4.37. The fraction of sp³-hybridized carbons (Fsp3) is 0.529. The smallest absolute Gasteiger partial charge is 0.171 e. The lowest BCUT2D eigenvalue weighted by molar-refractivity contribution is -0.0811. The van der Waals surface area contributed by atoms with Crippen molar-refractivity contribution in [2.45, 2.75) is 46.1 Å². The number of nitrogens with zero attached hydrogens (tertiary/aromatic N) is 1. The van der Waals surface area contributed by atoms with Crippen molar-refractivity contribution in [3.63, 3.8) is 0 Å². The van der Waals surface area contributed by atoms with Crippen LogP contribution in [0.4, 0.5) is 4.39 Å². The number of aliphatic hydroxyl groups excluding tert-OH is 1. The molecule has 130 valence electrons. The standard InChI is InChI=1S/C17H26ClFNO2P/c1-6-16(4,5)12(3)20(22)9-13-8-14(17(19,23)10-21)11(2)7-15(13)18/h7-8,21-22H,3,6,9-10,23H2,1-2,4-5H3. The van der Waals surface area contributed by atoms with E-state index in [0.717, 1.165) is 11.5 Å². The molecule has 0 saturated heterocycles.